The first kappa shape index (κ1) is 36.7. The van der Waals surface area contributed by atoms with Gasteiger partial charge >= 0.3 is 0 Å². The average molecular weight is 818 g/mol. The lowest BCUT2D eigenvalue weighted by molar-refractivity contribution is 0.615. The Balaban J connectivity index is 1.11. The standard InChI is InChI=1S/C62H43NO/c1-4-18-42(50-38-64-59-36-40-20-6-5-19-39(40)35-49(50)59)47-24-11-16-31-57(47)63(58-32-17-30-55-60(58)48-25-10-12-26-51(48)61(55,2)3)41-33-34-46-45-23-9-15-29-54(45)62(56(46)37-41)52-27-13-7-21-43(52)44-22-8-14-28-53(44)62/h4-38H,1H2,2-3H3/b42-18-. The van der Waals surface area contributed by atoms with Crippen LogP contribution in [0, 0.1) is 0 Å². The smallest absolute Gasteiger partial charge is 0.135 e. The Morgan fingerprint density at radius 1 is 0.484 bits per heavy atom. The summed E-state index contributed by atoms with van der Waals surface area (Å²) in [6.45, 7) is 8.99. The summed E-state index contributed by atoms with van der Waals surface area (Å²) in [5, 5.41) is 3.40. The summed E-state index contributed by atoms with van der Waals surface area (Å²) in [5.41, 5.74) is 22.3. The summed E-state index contributed by atoms with van der Waals surface area (Å²) >= 11 is 0. The van der Waals surface area contributed by atoms with E-state index < -0.39 is 5.41 Å². The first-order valence-corrected chi connectivity index (χ1v) is 22.3. The van der Waals surface area contributed by atoms with Crippen molar-refractivity contribution < 1.29 is 4.42 Å². The number of hydrogen-bond acceptors (Lipinski definition) is 2. The topological polar surface area (TPSA) is 16.4 Å². The van der Waals surface area contributed by atoms with Gasteiger partial charge in [-0.3, -0.25) is 0 Å². The van der Waals surface area contributed by atoms with Gasteiger partial charge in [-0.1, -0.05) is 190 Å². The summed E-state index contributed by atoms with van der Waals surface area (Å²) in [4.78, 5) is 2.53. The maximum absolute atomic E-state index is 6.40. The number of furan rings is 1. The van der Waals surface area contributed by atoms with Crippen LogP contribution in [0.5, 0.6) is 0 Å². The van der Waals surface area contributed by atoms with Gasteiger partial charge in [0.2, 0.25) is 0 Å². The highest BCUT2D eigenvalue weighted by atomic mass is 16.3. The Bertz CT molecular complexity index is 3570. The van der Waals surface area contributed by atoms with Crippen molar-refractivity contribution in [3.05, 3.63) is 264 Å². The molecule has 3 aliphatic carbocycles. The Kier molecular flexibility index (Phi) is 7.76. The Morgan fingerprint density at radius 2 is 1.03 bits per heavy atom. The Hall–Kier alpha value is -7.94. The number of fused-ring (bicyclic) bond motifs is 15. The van der Waals surface area contributed by atoms with Crippen molar-refractivity contribution in [2.24, 2.45) is 0 Å². The van der Waals surface area contributed by atoms with E-state index in [1.54, 1.807) is 0 Å². The van der Waals surface area contributed by atoms with E-state index in [4.69, 9.17) is 4.42 Å². The fourth-order valence-corrected chi connectivity index (χ4v) is 11.8. The van der Waals surface area contributed by atoms with Crippen molar-refractivity contribution in [1.82, 2.24) is 0 Å². The molecule has 0 saturated carbocycles. The highest BCUT2D eigenvalue weighted by Gasteiger charge is 2.52. The predicted molar refractivity (Wildman–Crippen MR) is 266 cm³/mol. The third-order valence-electron chi connectivity index (χ3n) is 14.5. The fourth-order valence-electron chi connectivity index (χ4n) is 11.8. The van der Waals surface area contributed by atoms with Crippen molar-refractivity contribution in [1.29, 1.82) is 0 Å². The summed E-state index contributed by atoms with van der Waals surface area (Å²) < 4.78 is 6.40. The van der Waals surface area contributed by atoms with Crippen LogP contribution in [0.3, 0.4) is 0 Å². The third kappa shape index (κ3) is 4.85. The van der Waals surface area contributed by atoms with E-state index in [0.29, 0.717) is 0 Å². The van der Waals surface area contributed by atoms with Crippen molar-refractivity contribution >= 4 is 44.4 Å². The van der Waals surface area contributed by atoms with E-state index in [9.17, 15) is 0 Å². The SMILES string of the molecule is C=C/C=C(/c1ccccc1N(c1ccc2c(c1)C1(c3ccccc3-c3ccccc31)c1ccccc1-2)c1cccc2c1-c1ccccc1C2(C)C)c1coc2cc3ccccc3cc12. The lowest BCUT2D eigenvalue weighted by atomic mass is 9.70. The predicted octanol–water partition coefficient (Wildman–Crippen LogP) is 16.3. The highest BCUT2D eigenvalue weighted by molar-refractivity contribution is 6.06. The van der Waals surface area contributed by atoms with Gasteiger partial charge in [0.15, 0.2) is 0 Å². The van der Waals surface area contributed by atoms with Crippen molar-refractivity contribution in [3.63, 3.8) is 0 Å². The molecule has 13 rings (SSSR count). The monoisotopic (exact) mass is 817 g/mol. The Labute approximate surface area is 373 Å². The lowest BCUT2D eigenvalue weighted by Gasteiger charge is -2.33. The van der Waals surface area contributed by atoms with Crippen molar-refractivity contribution in [2.45, 2.75) is 24.7 Å². The van der Waals surface area contributed by atoms with Gasteiger partial charge in [0, 0.05) is 33.2 Å². The third-order valence-corrected chi connectivity index (χ3v) is 14.5. The number of hydrogen-bond donors (Lipinski definition) is 0. The molecule has 0 bridgehead atoms. The van der Waals surface area contributed by atoms with Gasteiger partial charge in [-0.25, -0.2) is 0 Å². The molecular weight excluding hydrogens is 775 g/mol. The van der Waals surface area contributed by atoms with E-state index >= 15 is 0 Å². The second-order valence-electron chi connectivity index (χ2n) is 18.0. The zero-order valence-electron chi connectivity index (χ0n) is 35.8. The minimum absolute atomic E-state index is 0.180. The molecule has 0 N–H and O–H groups in total. The van der Waals surface area contributed by atoms with Gasteiger partial charge in [0.1, 0.15) is 5.58 Å². The van der Waals surface area contributed by atoms with E-state index in [1.807, 2.05) is 12.3 Å². The molecular formula is C62H43NO. The molecule has 0 aliphatic heterocycles. The summed E-state index contributed by atoms with van der Waals surface area (Å²) in [6.07, 6.45) is 5.97. The molecule has 0 amide bonds. The van der Waals surface area contributed by atoms with E-state index in [0.717, 1.165) is 50.1 Å². The first-order chi connectivity index (χ1) is 31.5. The lowest BCUT2D eigenvalue weighted by Crippen LogP contribution is -2.26. The van der Waals surface area contributed by atoms with Crippen LogP contribution in [0.2, 0.25) is 0 Å². The molecule has 0 radical (unpaired) electrons. The highest BCUT2D eigenvalue weighted by Crippen LogP contribution is 2.64. The molecule has 10 aromatic rings. The van der Waals surface area contributed by atoms with Crippen LogP contribution in [-0.2, 0) is 10.8 Å². The van der Waals surface area contributed by atoms with Gasteiger partial charge < -0.3 is 9.32 Å². The Morgan fingerprint density at radius 3 is 1.72 bits per heavy atom. The minimum atomic E-state index is -0.486. The molecule has 1 aromatic heterocycles. The van der Waals surface area contributed by atoms with Gasteiger partial charge in [-0.2, -0.15) is 0 Å². The van der Waals surface area contributed by atoms with Crippen LogP contribution >= 0.6 is 0 Å². The molecule has 9 aromatic carbocycles. The van der Waals surface area contributed by atoms with Crippen LogP contribution in [0.1, 0.15) is 58.4 Å². The number of nitrogens with zero attached hydrogens (tertiary/aromatic N) is 1. The summed E-state index contributed by atoms with van der Waals surface area (Å²) in [6, 6.07) is 72.1. The number of allylic oxidation sites excluding steroid dienone is 2. The van der Waals surface area contributed by atoms with Crippen LogP contribution in [0.25, 0.3) is 60.7 Å². The molecule has 1 spiro atoms. The van der Waals surface area contributed by atoms with Crippen LogP contribution in [0.15, 0.2) is 224 Å². The summed E-state index contributed by atoms with van der Waals surface area (Å²) in [5.74, 6) is 0. The van der Waals surface area contributed by atoms with Gasteiger partial charge in [-0.05, 0) is 114 Å². The van der Waals surface area contributed by atoms with Crippen LogP contribution < -0.4 is 4.90 Å². The number of para-hydroxylation sites is 1. The zero-order valence-corrected chi connectivity index (χ0v) is 35.8. The van der Waals surface area contributed by atoms with E-state index in [-0.39, 0.29) is 5.41 Å². The molecule has 1 heterocycles. The largest absolute Gasteiger partial charge is 0.464 e. The molecule has 302 valence electrons. The maximum Gasteiger partial charge on any atom is 0.135 e. The van der Waals surface area contributed by atoms with Gasteiger partial charge in [-0.15, -0.1) is 0 Å². The zero-order chi connectivity index (χ0) is 42.7. The molecule has 3 aliphatic rings. The van der Waals surface area contributed by atoms with Gasteiger partial charge in [0.25, 0.3) is 0 Å². The molecule has 2 heteroatoms. The molecule has 64 heavy (non-hydrogen) atoms. The normalized spacial score (nSPS) is 14.5. The van der Waals surface area contributed by atoms with E-state index in [1.165, 1.54) is 72.1 Å². The maximum atomic E-state index is 6.40. The average Bonchev–Trinajstić information content (AvgIpc) is 4.04. The fraction of sp³-hybridized carbons (Fsp3) is 0.0645. The molecule has 0 fully saturated rings. The number of rotatable bonds is 6. The van der Waals surface area contributed by atoms with Crippen molar-refractivity contribution in [3.8, 4) is 33.4 Å². The molecule has 0 unspecified atom stereocenters. The van der Waals surface area contributed by atoms with Gasteiger partial charge in [0.05, 0.1) is 23.1 Å². The van der Waals surface area contributed by atoms with Crippen LogP contribution in [-0.4, -0.2) is 0 Å². The minimum Gasteiger partial charge on any atom is -0.464 e. The number of anilines is 3. The summed E-state index contributed by atoms with van der Waals surface area (Å²) in [7, 11) is 0. The van der Waals surface area contributed by atoms with Crippen LogP contribution in [0.4, 0.5) is 17.1 Å². The first-order valence-electron chi connectivity index (χ1n) is 22.3. The molecule has 0 saturated heterocycles. The van der Waals surface area contributed by atoms with Crippen molar-refractivity contribution in [2.75, 3.05) is 4.90 Å². The molecule has 2 nitrogen and oxygen atoms in total. The number of benzene rings is 9. The second kappa shape index (κ2) is 13.5. The molecule has 0 atom stereocenters. The second-order valence-corrected chi connectivity index (χ2v) is 18.0. The van der Waals surface area contributed by atoms with E-state index in [2.05, 4.69) is 226 Å². The quantitative estimate of drug-likeness (QED) is 0.155.